The topological polar surface area (TPSA) is 49.9 Å². The molecule has 2 aromatic rings. The number of nitrogens with zero attached hydrogens (tertiary/aromatic N) is 2. The number of piperidine rings is 1. The normalized spacial score (nSPS) is 18.9. The molecule has 1 aliphatic heterocycles. The van der Waals surface area contributed by atoms with Gasteiger partial charge in [-0.2, -0.15) is 0 Å². The van der Waals surface area contributed by atoms with Crippen LogP contribution in [0.5, 0.6) is 0 Å². The molecule has 0 bridgehead atoms. The van der Waals surface area contributed by atoms with Crippen LogP contribution >= 0.6 is 0 Å². The number of hydrogen-bond acceptors (Lipinski definition) is 3. The zero-order valence-corrected chi connectivity index (χ0v) is 16.9. The quantitative estimate of drug-likeness (QED) is 0.739. The Morgan fingerprint density at radius 1 is 1.14 bits per heavy atom. The number of para-hydroxylation sites is 1. The number of carbonyl (C=O) groups is 2. The smallest absolute Gasteiger partial charge is 0.410 e. The van der Waals surface area contributed by atoms with E-state index in [1.54, 1.807) is 34.9 Å². The molecule has 2 atom stereocenters. The van der Waals surface area contributed by atoms with Crippen molar-refractivity contribution in [1.82, 2.24) is 4.90 Å². The number of halogens is 1. The maximum Gasteiger partial charge on any atom is 0.410 e. The Bertz CT molecular complexity index is 843. The van der Waals surface area contributed by atoms with Gasteiger partial charge < -0.3 is 14.5 Å². The molecule has 2 aromatic carbocycles. The highest BCUT2D eigenvalue weighted by atomic mass is 19.1. The molecule has 1 aliphatic rings. The van der Waals surface area contributed by atoms with E-state index in [0.29, 0.717) is 31.6 Å². The molecule has 0 N–H and O–H groups in total. The zero-order chi connectivity index (χ0) is 20.8. The number of likely N-dealkylation sites (tertiary alicyclic amines) is 1. The lowest BCUT2D eigenvalue weighted by atomic mass is 9.91. The van der Waals surface area contributed by atoms with Crippen molar-refractivity contribution in [2.24, 2.45) is 5.92 Å². The minimum Gasteiger partial charge on any atom is -0.445 e. The Balaban J connectivity index is 1.66. The van der Waals surface area contributed by atoms with Crippen LogP contribution in [0.1, 0.15) is 32.3 Å². The molecule has 0 unspecified atom stereocenters. The molecule has 1 saturated heterocycles. The highest BCUT2D eigenvalue weighted by Gasteiger charge is 2.36. The van der Waals surface area contributed by atoms with E-state index < -0.39 is 5.82 Å². The van der Waals surface area contributed by atoms with E-state index in [1.807, 2.05) is 37.3 Å². The maximum absolute atomic E-state index is 14.4. The molecule has 1 fully saturated rings. The predicted octanol–water partition coefficient (Wildman–Crippen LogP) is 4.62. The van der Waals surface area contributed by atoms with Gasteiger partial charge in [-0.3, -0.25) is 4.79 Å². The van der Waals surface area contributed by atoms with Gasteiger partial charge in [0, 0.05) is 25.6 Å². The minimum atomic E-state index is -0.411. The predicted molar refractivity (Wildman–Crippen MR) is 110 cm³/mol. The Morgan fingerprint density at radius 2 is 1.83 bits per heavy atom. The van der Waals surface area contributed by atoms with Crippen LogP contribution in [0.2, 0.25) is 0 Å². The first-order valence-electron chi connectivity index (χ1n) is 10.0. The number of anilines is 1. The second kappa shape index (κ2) is 9.54. The summed E-state index contributed by atoms with van der Waals surface area (Å²) in [6.07, 6.45) is 0.501. The van der Waals surface area contributed by atoms with Crippen molar-refractivity contribution < 1.29 is 18.7 Å². The second-order valence-electron chi connectivity index (χ2n) is 7.39. The zero-order valence-electron chi connectivity index (χ0n) is 16.9. The van der Waals surface area contributed by atoms with Crippen molar-refractivity contribution in [2.45, 2.75) is 39.3 Å². The van der Waals surface area contributed by atoms with E-state index in [2.05, 4.69) is 0 Å². The molecule has 29 heavy (non-hydrogen) atoms. The van der Waals surface area contributed by atoms with Gasteiger partial charge in [-0.1, -0.05) is 56.3 Å². The third-order valence-corrected chi connectivity index (χ3v) is 5.34. The summed E-state index contributed by atoms with van der Waals surface area (Å²) in [7, 11) is 0. The highest BCUT2D eigenvalue weighted by molar-refractivity contribution is 5.94. The minimum absolute atomic E-state index is 0.0110. The third-order valence-electron chi connectivity index (χ3n) is 5.34. The summed E-state index contributed by atoms with van der Waals surface area (Å²) in [6.45, 7) is 4.91. The number of rotatable bonds is 5. The van der Waals surface area contributed by atoms with Gasteiger partial charge in [0.2, 0.25) is 5.91 Å². The SMILES string of the molecule is CCC(=O)N(c1ccccc1F)[C@H]1CCN(C(=O)OCc2ccccc2)C[C@H]1C. The molecule has 0 saturated carbocycles. The fourth-order valence-corrected chi connectivity index (χ4v) is 3.81. The number of amides is 2. The van der Waals surface area contributed by atoms with Crippen LogP contribution in [0.3, 0.4) is 0 Å². The molecular weight excluding hydrogens is 371 g/mol. The van der Waals surface area contributed by atoms with Crippen LogP contribution in [0.25, 0.3) is 0 Å². The fraction of sp³-hybridized carbons (Fsp3) is 0.391. The Morgan fingerprint density at radius 3 is 2.48 bits per heavy atom. The summed E-state index contributed by atoms with van der Waals surface area (Å²) in [4.78, 5) is 28.4. The molecule has 2 amide bonds. The average molecular weight is 398 g/mol. The van der Waals surface area contributed by atoms with Crippen LogP contribution in [0.4, 0.5) is 14.9 Å². The van der Waals surface area contributed by atoms with Crippen LogP contribution in [0, 0.1) is 11.7 Å². The summed E-state index contributed by atoms with van der Waals surface area (Å²) in [5, 5.41) is 0. The Kier molecular flexibility index (Phi) is 6.86. The molecule has 6 heteroatoms. The first-order chi connectivity index (χ1) is 14.0. The fourth-order valence-electron chi connectivity index (χ4n) is 3.81. The number of hydrogen-bond donors (Lipinski definition) is 0. The Labute approximate surface area is 171 Å². The number of carbonyl (C=O) groups excluding carboxylic acids is 2. The molecular formula is C23H27FN2O3. The van der Waals surface area contributed by atoms with Gasteiger partial charge in [0.25, 0.3) is 0 Å². The molecule has 0 radical (unpaired) electrons. The van der Waals surface area contributed by atoms with Crippen LogP contribution in [-0.2, 0) is 16.1 Å². The van der Waals surface area contributed by atoms with E-state index >= 15 is 0 Å². The maximum atomic E-state index is 14.4. The standard InChI is InChI=1S/C23H27FN2O3/c1-3-22(27)26(21-12-8-7-11-19(21)24)20-13-14-25(15-17(20)2)23(28)29-16-18-9-5-4-6-10-18/h4-12,17,20H,3,13-16H2,1-2H3/t17-,20+/m1/s1. The molecule has 3 rings (SSSR count). The third kappa shape index (κ3) is 4.94. The number of ether oxygens (including phenoxy) is 1. The molecule has 0 aromatic heterocycles. The second-order valence-corrected chi connectivity index (χ2v) is 7.39. The van der Waals surface area contributed by atoms with Gasteiger partial charge in [-0.25, -0.2) is 9.18 Å². The van der Waals surface area contributed by atoms with Crippen molar-refractivity contribution >= 4 is 17.7 Å². The van der Waals surface area contributed by atoms with Crippen molar-refractivity contribution in [3.63, 3.8) is 0 Å². The largest absolute Gasteiger partial charge is 0.445 e. The van der Waals surface area contributed by atoms with Crippen LogP contribution < -0.4 is 4.90 Å². The van der Waals surface area contributed by atoms with Gasteiger partial charge in [0.05, 0.1) is 5.69 Å². The lowest BCUT2D eigenvalue weighted by molar-refractivity contribution is -0.119. The molecule has 5 nitrogen and oxygen atoms in total. The summed E-state index contributed by atoms with van der Waals surface area (Å²) in [5.74, 6) is -0.540. The van der Waals surface area contributed by atoms with E-state index in [4.69, 9.17) is 4.74 Å². The highest BCUT2D eigenvalue weighted by Crippen LogP contribution is 2.30. The summed E-state index contributed by atoms with van der Waals surface area (Å²) in [6, 6.07) is 15.7. The van der Waals surface area contributed by atoms with Crippen molar-refractivity contribution in [3.05, 3.63) is 66.0 Å². The Hall–Kier alpha value is -2.89. The van der Waals surface area contributed by atoms with Gasteiger partial charge in [-0.15, -0.1) is 0 Å². The molecule has 154 valence electrons. The van der Waals surface area contributed by atoms with Crippen molar-refractivity contribution in [3.8, 4) is 0 Å². The molecule has 0 aliphatic carbocycles. The summed E-state index contributed by atoms with van der Waals surface area (Å²) < 4.78 is 19.8. The molecule has 1 heterocycles. The summed E-state index contributed by atoms with van der Waals surface area (Å²) >= 11 is 0. The average Bonchev–Trinajstić information content (AvgIpc) is 2.75. The van der Waals surface area contributed by atoms with Crippen LogP contribution in [-0.4, -0.2) is 36.0 Å². The van der Waals surface area contributed by atoms with Gasteiger partial charge >= 0.3 is 6.09 Å². The first-order valence-corrected chi connectivity index (χ1v) is 10.0. The lowest BCUT2D eigenvalue weighted by Gasteiger charge is -2.42. The first kappa shape index (κ1) is 20.8. The van der Waals surface area contributed by atoms with Crippen LogP contribution in [0.15, 0.2) is 54.6 Å². The van der Waals surface area contributed by atoms with Gasteiger partial charge in [-0.05, 0) is 30.0 Å². The van der Waals surface area contributed by atoms with Gasteiger partial charge in [0.15, 0.2) is 0 Å². The van der Waals surface area contributed by atoms with Gasteiger partial charge in [0.1, 0.15) is 12.4 Å². The summed E-state index contributed by atoms with van der Waals surface area (Å²) in [5.41, 5.74) is 1.24. The molecule has 0 spiro atoms. The monoisotopic (exact) mass is 398 g/mol. The van der Waals surface area contributed by atoms with E-state index in [1.165, 1.54) is 6.07 Å². The lowest BCUT2D eigenvalue weighted by Crippen LogP contribution is -2.53. The van der Waals surface area contributed by atoms with E-state index in [0.717, 1.165) is 5.56 Å². The van der Waals surface area contributed by atoms with E-state index in [9.17, 15) is 14.0 Å². The van der Waals surface area contributed by atoms with Crippen molar-refractivity contribution in [2.75, 3.05) is 18.0 Å². The number of benzene rings is 2. The van der Waals surface area contributed by atoms with E-state index in [-0.39, 0.29) is 30.6 Å². The van der Waals surface area contributed by atoms with Crippen molar-refractivity contribution in [1.29, 1.82) is 0 Å².